The molecule has 0 fully saturated rings. The Morgan fingerprint density at radius 1 is 1.28 bits per heavy atom. The minimum atomic E-state index is -0.601. The van der Waals surface area contributed by atoms with Crippen LogP contribution in [0.25, 0.3) is 0 Å². The summed E-state index contributed by atoms with van der Waals surface area (Å²) in [5.41, 5.74) is 3.35. The molecule has 156 valence electrons. The average Bonchev–Trinajstić information content (AvgIpc) is 2.92. The lowest BCUT2D eigenvalue weighted by atomic mass is 10.0. The molecule has 6 heteroatoms. The predicted octanol–water partition coefficient (Wildman–Crippen LogP) is 3.85. The third-order valence-corrected chi connectivity index (χ3v) is 5.37. The fourth-order valence-corrected chi connectivity index (χ4v) is 3.86. The molecule has 0 aromatic heterocycles. The van der Waals surface area contributed by atoms with Crippen molar-refractivity contribution < 1.29 is 19.4 Å². The van der Waals surface area contributed by atoms with Crippen molar-refractivity contribution in [2.45, 2.75) is 44.8 Å². The summed E-state index contributed by atoms with van der Waals surface area (Å²) in [5, 5.41) is 14.6. The molecule has 2 aromatic rings. The monoisotopic (exact) mass is 417 g/mol. The zero-order valence-corrected chi connectivity index (χ0v) is 17.5. The van der Waals surface area contributed by atoms with Crippen LogP contribution >= 0.6 is 11.6 Å². The summed E-state index contributed by atoms with van der Waals surface area (Å²) in [6, 6.07) is 13.6. The lowest BCUT2D eigenvalue weighted by Gasteiger charge is -2.20. The Morgan fingerprint density at radius 3 is 2.93 bits per heavy atom. The van der Waals surface area contributed by atoms with E-state index < -0.39 is 6.10 Å². The number of carbonyl (C=O) groups is 1. The van der Waals surface area contributed by atoms with Crippen LogP contribution in [0.15, 0.2) is 42.5 Å². The van der Waals surface area contributed by atoms with Crippen LogP contribution in [-0.4, -0.2) is 36.9 Å². The average molecular weight is 418 g/mol. The molecule has 0 heterocycles. The molecule has 5 nitrogen and oxygen atoms in total. The van der Waals surface area contributed by atoms with Crippen LogP contribution in [0, 0.1) is 0 Å². The Bertz CT molecular complexity index is 826. The van der Waals surface area contributed by atoms with Gasteiger partial charge < -0.3 is 19.9 Å². The molecule has 0 saturated heterocycles. The molecule has 29 heavy (non-hydrogen) atoms. The van der Waals surface area contributed by atoms with Gasteiger partial charge in [-0.05, 0) is 73.6 Å². The van der Waals surface area contributed by atoms with Gasteiger partial charge in [0.05, 0.1) is 12.7 Å². The van der Waals surface area contributed by atoms with Gasteiger partial charge in [0, 0.05) is 17.6 Å². The van der Waals surface area contributed by atoms with Gasteiger partial charge in [0.1, 0.15) is 5.75 Å². The van der Waals surface area contributed by atoms with Crippen LogP contribution in [0.1, 0.15) is 42.6 Å². The molecule has 1 aliphatic rings. The quantitative estimate of drug-likeness (QED) is 0.504. The van der Waals surface area contributed by atoms with Crippen LogP contribution < -0.4 is 10.1 Å². The topological polar surface area (TPSA) is 67.8 Å². The summed E-state index contributed by atoms with van der Waals surface area (Å²) in [5.74, 6) is 0.313. The number of esters is 1. The van der Waals surface area contributed by atoms with E-state index in [2.05, 4.69) is 11.4 Å². The first-order chi connectivity index (χ1) is 14.0. The first-order valence-electron chi connectivity index (χ1n) is 10.1. The Labute approximate surface area is 177 Å². The van der Waals surface area contributed by atoms with Crippen molar-refractivity contribution in [3.8, 4) is 5.75 Å². The SMILES string of the molecule is CCOC(=O)COc1ccc2c(c1)CC(NC[C@@H](O)c1cccc(Cl)c1)CCC2. The van der Waals surface area contributed by atoms with Crippen molar-refractivity contribution in [3.63, 3.8) is 0 Å². The van der Waals surface area contributed by atoms with E-state index in [1.807, 2.05) is 24.3 Å². The number of halogens is 1. The Morgan fingerprint density at radius 2 is 2.14 bits per heavy atom. The van der Waals surface area contributed by atoms with Crippen LogP contribution in [-0.2, 0) is 22.4 Å². The number of nitrogens with one attached hydrogen (secondary N) is 1. The van der Waals surface area contributed by atoms with Crippen molar-refractivity contribution in [1.29, 1.82) is 0 Å². The summed E-state index contributed by atoms with van der Waals surface area (Å²) in [4.78, 5) is 11.5. The summed E-state index contributed by atoms with van der Waals surface area (Å²) >= 11 is 6.02. The second kappa shape index (κ2) is 10.6. The maximum Gasteiger partial charge on any atom is 0.344 e. The molecule has 1 unspecified atom stereocenters. The molecule has 0 radical (unpaired) electrons. The van der Waals surface area contributed by atoms with Crippen LogP contribution in [0.5, 0.6) is 5.75 Å². The minimum absolute atomic E-state index is 0.0832. The molecule has 2 aromatic carbocycles. The van der Waals surface area contributed by atoms with Crippen molar-refractivity contribution in [1.82, 2.24) is 5.32 Å². The highest BCUT2D eigenvalue weighted by atomic mass is 35.5. The normalized spacial score (nSPS) is 17.1. The van der Waals surface area contributed by atoms with E-state index in [1.165, 1.54) is 11.1 Å². The third-order valence-electron chi connectivity index (χ3n) is 5.14. The van der Waals surface area contributed by atoms with Crippen LogP contribution in [0.2, 0.25) is 5.02 Å². The molecule has 0 amide bonds. The van der Waals surface area contributed by atoms with E-state index in [0.717, 1.165) is 31.2 Å². The van der Waals surface area contributed by atoms with Gasteiger partial charge >= 0.3 is 5.97 Å². The van der Waals surface area contributed by atoms with E-state index in [0.29, 0.717) is 23.9 Å². The van der Waals surface area contributed by atoms with Crippen molar-refractivity contribution in [2.24, 2.45) is 0 Å². The van der Waals surface area contributed by atoms with Crippen molar-refractivity contribution in [3.05, 3.63) is 64.2 Å². The summed E-state index contributed by atoms with van der Waals surface area (Å²) in [6.07, 6.45) is 3.39. The lowest BCUT2D eigenvalue weighted by Crippen LogP contribution is -2.34. The number of aliphatic hydroxyl groups excluding tert-OH is 1. The lowest BCUT2D eigenvalue weighted by molar-refractivity contribution is -0.145. The number of hydrogen-bond acceptors (Lipinski definition) is 5. The molecule has 0 spiro atoms. The maximum atomic E-state index is 11.5. The van der Waals surface area contributed by atoms with Gasteiger partial charge in [0.15, 0.2) is 6.61 Å². The Hall–Kier alpha value is -2.08. The molecule has 0 aliphatic heterocycles. The molecule has 1 aliphatic carbocycles. The van der Waals surface area contributed by atoms with Gasteiger partial charge in [-0.15, -0.1) is 0 Å². The zero-order chi connectivity index (χ0) is 20.6. The number of fused-ring (bicyclic) bond motifs is 1. The predicted molar refractivity (Wildman–Crippen MR) is 113 cm³/mol. The van der Waals surface area contributed by atoms with Gasteiger partial charge in [-0.3, -0.25) is 0 Å². The van der Waals surface area contributed by atoms with E-state index in [9.17, 15) is 9.90 Å². The maximum absolute atomic E-state index is 11.5. The van der Waals surface area contributed by atoms with E-state index in [4.69, 9.17) is 21.1 Å². The molecular weight excluding hydrogens is 390 g/mol. The first-order valence-corrected chi connectivity index (χ1v) is 10.5. The molecule has 0 bridgehead atoms. The van der Waals surface area contributed by atoms with Gasteiger partial charge in [0.2, 0.25) is 0 Å². The number of hydrogen-bond donors (Lipinski definition) is 2. The van der Waals surface area contributed by atoms with Crippen molar-refractivity contribution in [2.75, 3.05) is 19.8 Å². The summed E-state index contributed by atoms with van der Waals surface area (Å²) in [7, 11) is 0. The van der Waals surface area contributed by atoms with E-state index >= 15 is 0 Å². The fourth-order valence-electron chi connectivity index (χ4n) is 3.66. The van der Waals surface area contributed by atoms with Gasteiger partial charge in [-0.2, -0.15) is 0 Å². The largest absolute Gasteiger partial charge is 0.482 e. The van der Waals surface area contributed by atoms with Crippen LogP contribution in [0.4, 0.5) is 0 Å². The second-order valence-electron chi connectivity index (χ2n) is 7.30. The highest BCUT2D eigenvalue weighted by molar-refractivity contribution is 6.30. The number of aliphatic hydroxyl groups is 1. The summed E-state index contributed by atoms with van der Waals surface area (Å²) < 4.78 is 10.5. The van der Waals surface area contributed by atoms with Crippen molar-refractivity contribution >= 4 is 17.6 Å². The highest BCUT2D eigenvalue weighted by Gasteiger charge is 2.19. The standard InChI is InChI=1S/C23H28ClNO4/c1-2-28-23(27)15-29-21-10-9-16-5-4-8-20(12-18(16)13-21)25-14-22(26)17-6-3-7-19(24)11-17/h3,6-7,9-11,13,20,22,25-26H,2,4-5,8,12,14-15H2,1H3/t20?,22-/m1/s1. The van der Waals surface area contributed by atoms with E-state index in [1.54, 1.807) is 19.1 Å². The number of rotatable bonds is 8. The first kappa shape index (κ1) is 21.6. The molecule has 2 atom stereocenters. The number of ether oxygens (including phenoxy) is 2. The van der Waals surface area contributed by atoms with Crippen LogP contribution in [0.3, 0.4) is 0 Å². The molecular formula is C23H28ClNO4. The zero-order valence-electron chi connectivity index (χ0n) is 16.7. The van der Waals surface area contributed by atoms with Gasteiger partial charge in [-0.25, -0.2) is 4.79 Å². The van der Waals surface area contributed by atoms with E-state index in [-0.39, 0.29) is 18.6 Å². The highest BCUT2D eigenvalue weighted by Crippen LogP contribution is 2.26. The molecule has 0 saturated carbocycles. The number of benzene rings is 2. The Kier molecular flexibility index (Phi) is 7.92. The second-order valence-corrected chi connectivity index (χ2v) is 7.73. The van der Waals surface area contributed by atoms with Gasteiger partial charge in [-0.1, -0.05) is 29.8 Å². The van der Waals surface area contributed by atoms with Gasteiger partial charge in [0.25, 0.3) is 0 Å². The molecule has 3 rings (SSSR count). The fraction of sp³-hybridized carbons (Fsp3) is 0.435. The Balaban J connectivity index is 1.58. The third kappa shape index (κ3) is 6.46. The smallest absolute Gasteiger partial charge is 0.344 e. The summed E-state index contributed by atoms with van der Waals surface area (Å²) in [6.45, 7) is 2.51. The molecule has 2 N–H and O–H groups in total. The number of carbonyl (C=O) groups excluding carboxylic acids is 1. The number of aryl methyl sites for hydroxylation is 1. The minimum Gasteiger partial charge on any atom is -0.482 e.